The van der Waals surface area contributed by atoms with Gasteiger partial charge in [0.25, 0.3) is 0 Å². The maximum absolute atomic E-state index is 12.3. The molecular weight excluding hydrogens is 576 g/mol. The van der Waals surface area contributed by atoms with Gasteiger partial charge in [-0.1, -0.05) is 141 Å². The largest absolute Gasteiger partial charge is 0.458 e. The van der Waals surface area contributed by atoms with Crippen LogP contribution < -0.4 is 0 Å². The average Bonchev–Trinajstić information content (AvgIpc) is 3.03. The zero-order valence-electron chi connectivity index (χ0n) is 30.4. The lowest BCUT2D eigenvalue weighted by atomic mass is 10.1. The Morgan fingerprint density at radius 3 is 1.13 bits per heavy atom. The summed E-state index contributed by atoms with van der Waals surface area (Å²) in [5, 5.41) is 19.5. The molecule has 46 heavy (non-hydrogen) atoms. The van der Waals surface area contributed by atoms with Crippen molar-refractivity contribution >= 4 is 11.9 Å². The van der Waals surface area contributed by atoms with E-state index < -0.39 is 30.4 Å². The van der Waals surface area contributed by atoms with E-state index in [4.69, 9.17) is 9.47 Å². The fraction of sp³-hybridized carbons (Fsp3) is 0.850. The number of hydrogen-bond donors (Lipinski definition) is 2. The van der Waals surface area contributed by atoms with Gasteiger partial charge in [0.15, 0.2) is 12.4 Å². The quantitative estimate of drug-likeness (QED) is 0.0311. The van der Waals surface area contributed by atoms with Gasteiger partial charge in [-0.25, -0.2) is 0 Å². The van der Waals surface area contributed by atoms with Crippen molar-refractivity contribution in [1.29, 1.82) is 0 Å². The molecule has 0 saturated heterocycles. The minimum atomic E-state index is -1.90. The number of aliphatic hydroxyl groups is 2. The molecule has 2 unspecified atom stereocenters. The van der Waals surface area contributed by atoms with E-state index in [2.05, 4.69) is 38.2 Å². The van der Waals surface area contributed by atoms with E-state index in [0.717, 1.165) is 64.2 Å². The molecule has 0 fully saturated rings. The lowest BCUT2D eigenvalue weighted by molar-refractivity contribution is -0.200. The zero-order valence-corrected chi connectivity index (χ0v) is 30.4. The number of hydrogen-bond acceptors (Lipinski definition) is 6. The van der Waals surface area contributed by atoms with Crippen LogP contribution in [0.4, 0.5) is 0 Å². The third-order valence-electron chi connectivity index (χ3n) is 8.63. The maximum Gasteiger partial charge on any atom is 0.306 e. The molecule has 0 radical (unpaired) electrons. The molecule has 6 nitrogen and oxygen atoms in total. The molecule has 0 bridgehead atoms. The summed E-state index contributed by atoms with van der Waals surface area (Å²) in [5.41, 5.74) is 0. The van der Waals surface area contributed by atoms with Crippen molar-refractivity contribution in [3.05, 3.63) is 24.3 Å². The first-order valence-corrected chi connectivity index (χ1v) is 19.5. The van der Waals surface area contributed by atoms with Gasteiger partial charge in [-0.2, -0.15) is 0 Å². The standard InChI is InChI=1S/C40H74O6/c1-4-6-8-10-12-14-16-18-20-22-24-26-28-30-32-34-37(41)45-36(3)39(40(43)44)46-38(42)35-33-31-29-27-25-23-21-19-17-15-13-11-9-7-5-2/h18-21,36,39-40,43-44H,4-17,22-35H2,1-3H3/b20-18-,21-19-. The van der Waals surface area contributed by atoms with Crippen molar-refractivity contribution in [3.8, 4) is 0 Å². The molecule has 0 aromatic heterocycles. The fourth-order valence-electron chi connectivity index (χ4n) is 5.62. The molecule has 0 saturated carbocycles. The number of allylic oxidation sites excluding steroid dienone is 4. The third kappa shape index (κ3) is 31.0. The van der Waals surface area contributed by atoms with Crippen molar-refractivity contribution in [2.45, 2.75) is 219 Å². The molecule has 6 heteroatoms. The number of unbranched alkanes of at least 4 members (excludes halogenated alkanes) is 22. The molecule has 2 N–H and O–H groups in total. The number of ether oxygens (including phenoxy) is 2. The molecule has 0 aliphatic rings. The van der Waals surface area contributed by atoms with E-state index in [-0.39, 0.29) is 12.8 Å². The maximum atomic E-state index is 12.3. The normalized spacial score (nSPS) is 13.2. The second kappa shape index (κ2) is 34.7. The number of carbonyl (C=O) groups is 2. The first-order valence-electron chi connectivity index (χ1n) is 19.5. The highest BCUT2D eigenvalue weighted by molar-refractivity contribution is 5.70. The predicted octanol–water partition coefficient (Wildman–Crippen LogP) is 11.2. The predicted molar refractivity (Wildman–Crippen MR) is 193 cm³/mol. The van der Waals surface area contributed by atoms with Crippen molar-refractivity contribution in [2.24, 2.45) is 0 Å². The second-order valence-corrected chi connectivity index (χ2v) is 13.2. The Kier molecular flexibility index (Phi) is 33.4. The molecule has 0 spiro atoms. The summed E-state index contributed by atoms with van der Waals surface area (Å²) in [7, 11) is 0. The molecule has 0 amide bonds. The summed E-state index contributed by atoms with van der Waals surface area (Å²) in [6, 6.07) is 0. The lowest BCUT2D eigenvalue weighted by Gasteiger charge is -2.25. The molecule has 0 aromatic carbocycles. The van der Waals surface area contributed by atoms with E-state index in [9.17, 15) is 19.8 Å². The highest BCUT2D eigenvalue weighted by Gasteiger charge is 2.30. The molecule has 0 aliphatic heterocycles. The Bertz CT molecular complexity index is 731. The monoisotopic (exact) mass is 651 g/mol. The Morgan fingerprint density at radius 1 is 0.478 bits per heavy atom. The van der Waals surface area contributed by atoms with E-state index in [0.29, 0.717) is 6.42 Å². The molecule has 270 valence electrons. The highest BCUT2D eigenvalue weighted by Crippen LogP contribution is 2.15. The van der Waals surface area contributed by atoms with Gasteiger partial charge in [-0.3, -0.25) is 9.59 Å². The van der Waals surface area contributed by atoms with Crippen molar-refractivity contribution < 1.29 is 29.3 Å². The molecule has 0 heterocycles. The van der Waals surface area contributed by atoms with Gasteiger partial charge in [0.05, 0.1) is 0 Å². The van der Waals surface area contributed by atoms with Gasteiger partial charge in [0.1, 0.15) is 6.10 Å². The van der Waals surface area contributed by atoms with E-state index >= 15 is 0 Å². The molecule has 0 aliphatic carbocycles. The van der Waals surface area contributed by atoms with E-state index in [1.165, 1.54) is 103 Å². The first-order chi connectivity index (χ1) is 22.4. The van der Waals surface area contributed by atoms with Crippen LogP contribution in [0.5, 0.6) is 0 Å². The number of esters is 2. The summed E-state index contributed by atoms with van der Waals surface area (Å²) in [6.45, 7) is 6.04. The Hall–Kier alpha value is -1.66. The van der Waals surface area contributed by atoms with Crippen LogP contribution in [0.25, 0.3) is 0 Å². The summed E-state index contributed by atoms with van der Waals surface area (Å²) in [6.07, 6.45) is 36.4. The minimum absolute atomic E-state index is 0.219. The summed E-state index contributed by atoms with van der Waals surface area (Å²) >= 11 is 0. The van der Waals surface area contributed by atoms with Crippen LogP contribution in [0, 0.1) is 0 Å². The molecule has 0 aromatic rings. The van der Waals surface area contributed by atoms with Crippen LogP contribution in [0.2, 0.25) is 0 Å². The zero-order chi connectivity index (χ0) is 33.9. The van der Waals surface area contributed by atoms with Gasteiger partial charge in [0.2, 0.25) is 0 Å². The van der Waals surface area contributed by atoms with Crippen LogP contribution in [-0.4, -0.2) is 40.6 Å². The molecular formula is C40H74O6. The van der Waals surface area contributed by atoms with Crippen LogP contribution in [-0.2, 0) is 19.1 Å². The molecule has 0 rings (SSSR count). The summed E-state index contributed by atoms with van der Waals surface area (Å²) in [4.78, 5) is 24.6. The van der Waals surface area contributed by atoms with Crippen molar-refractivity contribution in [3.63, 3.8) is 0 Å². The third-order valence-corrected chi connectivity index (χ3v) is 8.63. The van der Waals surface area contributed by atoms with E-state index in [1.54, 1.807) is 0 Å². The lowest BCUT2D eigenvalue weighted by Crippen LogP contribution is -2.42. The molecule has 2 atom stereocenters. The summed E-state index contributed by atoms with van der Waals surface area (Å²) < 4.78 is 10.7. The van der Waals surface area contributed by atoms with Crippen LogP contribution in [0.15, 0.2) is 24.3 Å². The number of aliphatic hydroxyl groups excluding tert-OH is 1. The first kappa shape index (κ1) is 44.3. The van der Waals surface area contributed by atoms with E-state index in [1.807, 2.05) is 0 Å². The summed E-state index contributed by atoms with van der Waals surface area (Å²) in [5.74, 6) is -0.889. The Labute approximate surface area is 284 Å². The van der Waals surface area contributed by atoms with Crippen LogP contribution >= 0.6 is 0 Å². The van der Waals surface area contributed by atoms with Gasteiger partial charge < -0.3 is 19.7 Å². The topological polar surface area (TPSA) is 93.1 Å². The van der Waals surface area contributed by atoms with Gasteiger partial charge >= 0.3 is 11.9 Å². The highest BCUT2D eigenvalue weighted by atomic mass is 16.6. The number of carbonyl (C=O) groups excluding carboxylic acids is 2. The minimum Gasteiger partial charge on any atom is -0.458 e. The SMILES string of the molecule is CCCCCCCC/C=C\CCCCCCCC(=O)OC(C)C(OC(=O)CCCCCCC/C=C\CCCCCCCC)C(O)O. The van der Waals surface area contributed by atoms with Crippen LogP contribution in [0.1, 0.15) is 201 Å². The van der Waals surface area contributed by atoms with Crippen molar-refractivity contribution in [1.82, 2.24) is 0 Å². The van der Waals surface area contributed by atoms with Crippen molar-refractivity contribution in [2.75, 3.05) is 0 Å². The average molecular weight is 651 g/mol. The Balaban J connectivity index is 3.83. The van der Waals surface area contributed by atoms with Gasteiger partial charge in [-0.15, -0.1) is 0 Å². The Morgan fingerprint density at radius 2 is 0.783 bits per heavy atom. The van der Waals surface area contributed by atoms with Gasteiger partial charge in [0, 0.05) is 12.8 Å². The number of rotatable bonds is 34. The van der Waals surface area contributed by atoms with Gasteiger partial charge in [-0.05, 0) is 71.1 Å². The smallest absolute Gasteiger partial charge is 0.306 e. The van der Waals surface area contributed by atoms with Crippen LogP contribution in [0.3, 0.4) is 0 Å². The fourth-order valence-corrected chi connectivity index (χ4v) is 5.62. The second-order valence-electron chi connectivity index (χ2n) is 13.2.